The van der Waals surface area contributed by atoms with E-state index in [1.165, 1.54) is 13.3 Å². The number of para-hydroxylation sites is 1. The van der Waals surface area contributed by atoms with Gasteiger partial charge in [-0.15, -0.1) is 0 Å². The Balaban J connectivity index is 1.62. The highest BCUT2D eigenvalue weighted by Crippen LogP contribution is 2.20. The van der Waals surface area contributed by atoms with Crippen LogP contribution in [0.2, 0.25) is 0 Å². The number of hydrogen-bond donors (Lipinski definition) is 2. The van der Waals surface area contributed by atoms with Crippen molar-refractivity contribution in [1.29, 1.82) is 0 Å². The first-order valence-electron chi connectivity index (χ1n) is 8.92. The lowest BCUT2D eigenvalue weighted by molar-refractivity contribution is 0.0601. The quantitative estimate of drug-likeness (QED) is 0.599. The highest BCUT2D eigenvalue weighted by molar-refractivity contribution is 5.96. The van der Waals surface area contributed by atoms with Gasteiger partial charge in [-0.05, 0) is 42.0 Å². The number of aromatic nitrogens is 1. The highest BCUT2D eigenvalue weighted by atomic mass is 16.5. The van der Waals surface area contributed by atoms with Gasteiger partial charge < -0.3 is 20.1 Å². The lowest BCUT2D eigenvalue weighted by Gasteiger charge is -2.10. The molecule has 1 heterocycles. The molecule has 7 nitrogen and oxygen atoms in total. The van der Waals surface area contributed by atoms with Crippen molar-refractivity contribution < 1.29 is 19.1 Å². The summed E-state index contributed by atoms with van der Waals surface area (Å²) in [7, 11) is 2.94. The van der Waals surface area contributed by atoms with Gasteiger partial charge in [-0.25, -0.2) is 9.78 Å². The van der Waals surface area contributed by atoms with Crippen LogP contribution in [0.5, 0.6) is 5.75 Å². The predicted octanol–water partition coefficient (Wildman–Crippen LogP) is 3.55. The molecular formula is C22H21N3O4. The molecule has 0 atom stereocenters. The van der Waals surface area contributed by atoms with Gasteiger partial charge in [0.25, 0.3) is 5.91 Å². The number of esters is 1. The number of carbonyl (C=O) groups is 2. The molecule has 0 saturated carbocycles. The Morgan fingerprint density at radius 2 is 1.72 bits per heavy atom. The first-order chi connectivity index (χ1) is 14.1. The third-order valence-corrected chi connectivity index (χ3v) is 4.23. The number of nitrogens with zero attached hydrogens (tertiary/aromatic N) is 1. The van der Waals surface area contributed by atoms with E-state index in [2.05, 4.69) is 15.6 Å². The van der Waals surface area contributed by atoms with Crippen molar-refractivity contribution in [2.75, 3.05) is 19.5 Å². The van der Waals surface area contributed by atoms with Crippen LogP contribution in [0.4, 0.5) is 11.5 Å². The van der Waals surface area contributed by atoms with Crippen molar-refractivity contribution in [3.63, 3.8) is 0 Å². The number of anilines is 2. The van der Waals surface area contributed by atoms with Crippen LogP contribution in [0.1, 0.15) is 26.3 Å². The van der Waals surface area contributed by atoms with E-state index in [9.17, 15) is 9.59 Å². The normalized spacial score (nSPS) is 10.1. The average molecular weight is 391 g/mol. The molecule has 2 N–H and O–H groups in total. The molecule has 3 aromatic rings. The van der Waals surface area contributed by atoms with Crippen molar-refractivity contribution in [3.8, 4) is 5.75 Å². The van der Waals surface area contributed by atoms with Crippen LogP contribution in [0.25, 0.3) is 0 Å². The third-order valence-electron chi connectivity index (χ3n) is 4.23. The number of carbonyl (C=O) groups excluding carboxylic acids is 2. The third kappa shape index (κ3) is 5.10. The van der Waals surface area contributed by atoms with E-state index in [1.807, 2.05) is 24.3 Å². The van der Waals surface area contributed by atoms with Gasteiger partial charge in [0.05, 0.1) is 31.0 Å². The smallest absolute Gasteiger partial charge is 0.339 e. The number of nitrogens with one attached hydrogen (secondary N) is 2. The molecule has 0 aliphatic rings. The average Bonchev–Trinajstić information content (AvgIpc) is 2.78. The summed E-state index contributed by atoms with van der Waals surface area (Å²) < 4.78 is 9.90. The second-order valence-electron chi connectivity index (χ2n) is 6.13. The van der Waals surface area contributed by atoms with E-state index < -0.39 is 5.97 Å². The van der Waals surface area contributed by atoms with Crippen LogP contribution in [-0.4, -0.2) is 31.1 Å². The monoisotopic (exact) mass is 391 g/mol. The first kappa shape index (κ1) is 19.9. The molecule has 0 unspecified atom stereocenters. The fraction of sp³-hybridized carbons (Fsp3) is 0.136. The topological polar surface area (TPSA) is 89.5 Å². The molecule has 0 fully saturated rings. The summed E-state index contributed by atoms with van der Waals surface area (Å²) >= 11 is 0. The first-order valence-corrected chi connectivity index (χ1v) is 8.92. The minimum atomic E-state index is -0.442. The molecule has 148 valence electrons. The van der Waals surface area contributed by atoms with Gasteiger partial charge >= 0.3 is 5.97 Å². The SMILES string of the molecule is COC(=O)c1ccccc1Nc1ccc(C(=O)NCc2ccc(OC)cc2)cn1. The molecule has 0 aliphatic carbocycles. The minimum Gasteiger partial charge on any atom is -0.497 e. The van der Waals surface area contributed by atoms with Crippen LogP contribution >= 0.6 is 0 Å². The van der Waals surface area contributed by atoms with E-state index in [1.54, 1.807) is 43.5 Å². The van der Waals surface area contributed by atoms with Crippen LogP contribution in [0.15, 0.2) is 66.9 Å². The number of methoxy groups -OCH3 is 2. The van der Waals surface area contributed by atoms with Crippen LogP contribution in [0.3, 0.4) is 0 Å². The van der Waals surface area contributed by atoms with Gasteiger partial charge in [0.2, 0.25) is 0 Å². The molecule has 0 aliphatic heterocycles. The fourth-order valence-electron chi connectivity index (χ4n) is 2.65. The lowest BCUT2D eigenvalue weighted by Crippen LogP contribution is -2.22. The van der Waals surface area contributed by atoms with Gasteiger partial charge in [-0.3, -0.25) is 4.79 Å². The zero-order valence-corrected chi connectivity index (χ0v) is 16.1. The van der Waals surface area contributed by atoms with Crippen molar-refractivity contribution >= 4 is 23.4 Å². The standard InChI is InChI=1S/C22H21N3O4/c1-28-17-10-7-15(8-11-17)13-24-21(26)16-9-12-20(23-14-16)25-19-6-4-3-5-18(19)22(27)29-2/h3-12,14H,13H2,1-2H3,(H,23,25)(H,24,26). The molecule has 0 radical (unpaired) electrons. The molecule has 2 aromatic carbocycles. The van der Waals surface area contributed by atoms with E-state index >= 15 is 0 Å². The van der Waals surface area contributed by atoms with Crippen LogP contribution < -0.4 is 15.4 Å². The number of benzene rings is 2. The Bertz CT molecular complexity index is 986. The Morgan fingerprint density at radius 3 is 2.38 bits per heavy atom. The maximum atomic E-state index is 12.3. The van der Waals surface area contributed by atoms with Gasteiger partial charge in [-0.2, -0.15) is 0 Å². The minimum absolute atomic E-state index is 0.227. The largest absolute Gasteiger partial charge is 0.497 e. The van der Waals surface area contributed by atoms with E-state index in [-0.39, 0.29) is 5.91 Å². The van der Waals surface area contributed by atoms with Crippen LogP contribution in [0, 0.1) is 0 Å². The fourth-order valence-corrected chi connectivity index (χ4v) is 2.65. The van der Waals surface area contributed by atoms with Gasteiger partial charge in [0.15, 0.2) is 0 Å². The second-order valence-corrected chi connectivity index (χ2v) is 6.13. The molecule has 0 spiro atoms. The molecule has 7 heteroatoms. The summed E-state index contributed by atoms with van der Waals surface area (Å²) in [6.45, 7) is 0.398. The molecule has 1 amide bonds. The van der Waals surface area contributed by atoms with E-state index in [0.29, 0.717) is 29.2 Å². The molecule has 3 rings (SSSR count). The van der Waals surface area contributed by atoms with Gasteiger partial charge in [0.1, 0.15) is 11.6 Å². The number of ether oxygens (including phenoxy) is 2. The molecular weight excluding hydrogens is 370 g/mol. The van der Waals surface area contributed by atoms with E-state index in [0.717, 1.165) is 11.3 Å². The number of pyridine rings is 1. The number of rotatable bonds is 7. The number of amides is 1. The van der Waals surface area contributed by atoms with Crippen LogP contribution in [-0.2, 0) is 11.3 Å². The Kier molecular flexibility index (Phi) is 6.42. The van der Waals surface area contributed by atoms with E-state index in [4.69, 9.17) is 9.47 Å². The zero-order chi connectivity index (χ0) is 20.6. The van der Waals surface area contributed by atoms with Gasteiger partial charge in [0, 0.05) is 12.7 Å². The second kappa shape index (κ2) is 9.36. The Labute approximate surface area is 168 Å². The summed E-state index contributed by atoms with van der Waals surface area (Å²) in [6.07, 6.45) is 1.48. The Morgan fingerprint density at radius 1 is 0.966 bits per heavy atom. The molecule has 29 heavy (non-hydrogen) atoms. The summed E-state index contributed by atoms with van der Waals surface area (Å²) in [6, 6.07) is 17.8. The van der Waals surface area contributed by atoms with Gasteiger partial charge in [-0.1, -0.05) is 24.3 Å². The summed E-state index contributed by atoms with van der Waals surface area (Å²) in [5.74, 6) is 0.603. The van der Waals surface area contributed by atoms with Crippen molar-refractivity contribution in [1.82, 2.24) is 10.3 Å². The Hall–Kier alpha value is -3.87. The molecule has 0 saturated heterocycles. The molecule has 0 bridgehead atoms. The molecule has 1 aromatic heterocycles. The van der Waals surface area contributed by atoms with Crippen molar-refractivity contribution in [2.24, 2.45) is 0 Å². The zero-order valence-electron chi connectivity index (χ0n) is 16.1. The summed E-state index contributed by atoms with van der Waals surface area (Å²) in [4.78, 5) is 28.4. The summed E-state index contributed by atoms with van der Waals surface area (Å²) in [5.41, 5.74) is 2.37. The number of hydrogen-bond acceptors (Lipinski definition) is 6. The summed E-state index contributed by atoms with van der Waals surface area (Å²) in [5, 5.41) is 5.92. The lowest BCUT2D eigenvalue weighted by atomic mass is 10.1. The van der Waals surface area contributed by atoms with Crippen molar-refractivity contribution in [2.45, 2.75) is 6.54 Å². The maximum Gasteiger partial charge on any atom is 0.339 e. The highest BCUT2D eigenvalue weighted by Gasteiger charge is 2.12. The van der Waals surface area contributed by atoms with Crippen molar-refractivity contribution in [3.05, 3.63) is 83.6 Å². The maximum absolute atomic E-state index is 12.3. The predicted molar refractivity (Wildman–Crippen MR) is 109 cm³/mol.